The van der Waals surface area contributed by atoms with Crippen LogP contribution in [0.5, 0.6) is 0 Å². The van der Waals surface area contributed by atoms with E-state index in [-0.39, 0.29) is 5.78 Å². The predicted octanol–water partition coefficient (Wildman–Crippen LogP) is 2.98. The maximum atomic E-state index is 12.2. The summed E-state index contributed by atoms with van der Waals surface area (Å²) in [6.07, 6.45) is 1.88. The van der Waals surface area contributed by atoms with Crippen molar-refractivity contribution in [1.29, 1.82) is 0 Å². The van der Waals surface area contributed by atoms with Gasteiger partial charge in [0.15, 0.2) is 11.9 Å². The third-order valence-electron chi connectivity index (χ3n) is 4.16. The van der Waals surface area contributed by atoms with Crippen LogP contribution in [0.3, 0.4) is 0 Å². The first-order valence-corrected chi connectivity index (χ1v) is 9.42. The fourth-order valence-corrected chi connectivity index (χ4v) is 2.42. The molecule has 2 amide bonds. The number of anilines is 1. The van der Waals surface area contributed by atoms with Gasteiger partial charge in [0, 0.05) is 17.3 Å². The van der Waals surface area contributed by atoms with Crippen LogP contribution >= 0.6 is 0 Å². The Morgan fingerprint density at radius 2 is 1.57 bits per heavy atom. The summed E-state index contributed by atoms with van der Waals surface area (Å²) in [5, 5.41) is 5.10. The SMILES string of the molecule is CC(=O)c1ccc(NC(=O)[C@H](C)OC(=O)[C@H](C)NC(=O)/C=C/c2ccccc2)cc1. The molecule has 2 aromatic rings. The Hall–Kier alpha value is -3.74. The van der Waals surface area contributed by atoms with Crippen LogP contribution in [0.2, 0.25) is 0 Å². The number of ketones is 1. The van der Waals surface area contributed by atoms with Crippen LogP contribution in [0, 0.1) is 0 Å². The number of nitrogens with one attached hydrogen (secondary N) is 2. The Labute approximate surface area is 175 Å². The van der Waals surface area contributed by atoms with Gasteiger partial charge in [-0.2, -0.15) is 0 Å². The van der Waals surface area contributed by atoms with E-state index >= 15 is 0 Å². The van der Waals surface area contributed by atoms with Crippen molar-refractivity contribution in [1.82, 2.24) is 5.32 Å². The van der Waals surface area contributed by atoms with Crippen molar-refractivity contribution in [3.05, 3.63) is 71.8 Å². The highest BCUT2D eigenvalue weighted by Gasteiger charge is 2.22. The lowest BCUT2D eigenvalue weighted by Gasteiger charge is -2.17. The molecule has 0 heterocycles. The van der Waals surface area contributed by atoms with Crippen molar-refractivity contribution >= 4 is 35.3 Å². The lowest BCUT2D eigenvalue weighted by molar-refractivity contribution is -0.155. The minimum absolute atomic E-state index is 0.0789. The van der Waals surface area contributed by atoms with Gasteiger partial charge in [0.05, 0.1) is 0 Å². The van der Waals surface area contributed by atoms with Crippen LogP contribution in [0.4, 0.5) is 5.69 Å². The molecule has 0 aliphatic heterocycles. The summed E-state index contributed by atoms with van der Waals surface area (Å²) in [6, 6.07) is 14.7. The highest BCUT2D eigenvalue weighted by atomic mass is 16.5. The molecule has 2 N–H and O–H groups in total. The third-order valence-corrected chi connectivity index (χ3v) is 4.16. The van der Waals surface area contributed by atoms with E-state index < -0.39 is 29.9 Å². The molecule has 2 rings (SSSR count). The Morgan fingerprint density at radius 3 is 2.17 bits per heavy atom. The summed E-state index contributed by atoms with van der Waals surface area (Å²) in [5.41, 5.74) is 1.85. The van der Waals surface area contributed by atoms with Crippen molar-refractivity contribution < 1.29 is 23.9 Å². The van der Waals surface area contributed by atoms with E-state index in [0.29, 0.717) is 11.3 Å². The van der Waals surface area contributed by atoms with Gasteiger partial charge in [0.1, 0.15) is 6.04 Å². The molecule has 7 nitrogen and oxygen atoms in total. The van der Waals surface area contributed by atoms with E-state index in [1.54, 1.807) is 30.3 Å². The lowest BCUT2D eigenvalue weighted by Crippen LogP contribution is -2.41. The quantitative estimate of drug-likeness (QED) is 0.397. The molecule has 0 aliphatic rings. The summed E-state index contributed by atoms with van der Waals surface area (Å²) >= 11 is 0. The number of hydrogen-bond donors (Lipinski definition) is 2. The van der Waals surface area contributed by atoms with Gasteiger partial charge in [-0.15, -0.1) is 0 Å². The molecule has 0 bridgehead atoms. The summed E-state index contributed by atoms with van der Waals surface area (Å²) < 4.78 is 5.13. The highest BCUT2D eigenvalue weighted by molar-refractivity contribution is 5.98. The molecule has 0 spiro atoms. The minimum Gasteiger partial charge on any atom is -0.451 e. The van der Waals surface area contributed by atoms with E-state index in [9.17, 15) is 19.2 Å². The van der Waals surface area contributed by atoms with E-state index in [1.807, 2.05) is 30.3 Å². The number of rotatable bonds is 8. The average molecular weight is 408 g/mol. The van der Waals surface area contributed by atoms with Gasteiger partial charge >= 0.3 is 5.97 Å². The Kier molecular flexibility index (Phi) is 8.05. The summed E-state index contributed by atoms with van der Waals surface area (Å²) in [7, 11) is 0. The first-order valence-electron chi connectivity index (χ1n) is 9.42. The largest absolute Gasteiger partial charge is 0.451 e. The third kappa shape index (κ3) is 7.01. The van der Waals surface area contributed by atoms with Gasteiger partial charge in [-0.05, 0) is 56.7 Å². The van der Waals surface area contributed by atoms with Crippen LogP contribution < -0.4 is 10.6 Å². The molecule has 7 heteroatoms. The molecule has 0 unspecified atom stereocenters. The second kappa shape index (κ2) is 10.7. The summed E-state index contributed by atoms with van der Waals surface area (Å²) in [6.45, 7) is 4.36. The number of hydrogen-bond acceptors (Lipinski definition) is 5. The Morgan fingerprint density at radius 1 is 0.933 bits per heavy atom. The molecular formula is C23H24N2O5. The van der Waals surface area contributed by atoms with Crippen molar-refractivity contribution in [3.63, 3.8) is 0 Å². The zero-order chi connectivity index (χ0) is 22.1. The van der Waals surface area contributed by atoms with Gasteiger partial charge in [-0.1, -0.05) is 30.3 Å². The lowest BCUT2D eigenvalue weighted by atomic mass is 10.1. The molecule has 0 radical (unpaired) electrons. The van der Waals surface area contributed by atoms with E-state index in [0.717, 1.165) is 5.56 Å². The van der Waals surface area contributed by atoms with Gasteiger partial charge in [-0.3, -0.25) is 14.4 Å². The number of amides is 2. The zero-order valence-electron chi connectivity index (χ0n) is 17.0. The van der Waals surface area contributed by atoms with Crippen LogP contribution in [0.1, 0.15) is 36.7 Å². The highest BCUT2D eigenvalue weighted by Crippen LogP contribution is 2.11. The first kappa shape index (κ1) is 22.5. The predicted molar refractivity (Wildman–Crippen MR) is 114 cm³/mol. The summed E-state index contributed by atoms with van der Waals surface area (Å²) in [5.74, 6) is -1.79. The molecule has 30 heavy (non-hydrogen) atoms. The Bertz CT molecular complexity index is 936. The molecule has 0 saturated carbocycles. The number of Topliss-reactive ketones (excluding diaryl/α,β-unsaturated/α-hetero) is 1. The maximum Gasteiger partial charge on any atom is 0.329 e. The van der Waals surface area contributed by atoms with Gasteiger partial charge in [0.2, 0.25) is 5.91 Å². The molecule has 0 saturated heterocycles. The fraction of sp³-hybridized carbons (Fsp3) is 0.217. The number of carbonyl (C=O) groups excluding carboxylic acids is 4. The van der Waals surface area contributed by atoms with Gasteiger partial charge in [-0.25, -0.2) is 4.79 Å². The number of esters is 1. The normalized spacial score (nSPS) is 12.6. The topological polar surface area (TPSA) is 102 Å². The minimum atomic E-state index is -1.07. The van der Waals surface area contributed by atoms with Gasteiger partial charge in [0.25, 0.3) is 5.91 Å². The van der Waals surface area contributed by atoms with Crippen LogP contribution in [-0.2, 0) is 19.1 Å². The number of carbonyl (C=O) groups is 4. The number of ether oxygens (including phenoxy) is 1. The molecule has 0 aliphatic carbocycles. The zero-order valence-corrected chi connectivity index (χ0v) is 17.0. The maximum absolute atomic E-state index is 12.2. The molecular weight excluding hydrogens is 384 g/mol. The average Bonchev–Trinajstić information content (AvgIpc) is 2.73. The molecule has 2 atom stereocenters. The van der Waals surface area contributed by atoms with Crippen molar-refractivity contribution in [3.8, 4) is 0 Å². The summed E-state index contributed by atoms with van der Waals surface area (Å²) in [4.78, 5) is 47.6. The molecule has 0 aromatic heterocycles. The van der Waals surface area contributed by atoms with Crippen LogP contribution in [-0.4, -0.2) is 35.7 Å². The second-order valence-electron chi connectivity index (χ2n) is 6.68. The second-order valence-corrected chi connectivity index (χ2v) is 6.68. The smallest absolute Gasteiger partial charge is 0.329 e. The van der Waals surface area contributed by atoms with Crippen molar-refractivity contribution in [2.75, 3.05) is 5.32 Å². The number of benzene rings is 2. The van der Waals surface area contributed by atoms with E-state index in [1.165, 1.54) is 26.8 Å². The van der Waals surface area contributed by atoms with Crippen LogP contribution in [0.25, 0.3) is 6.08 Å². The monoisotopic (exact) mass is 408 g/mol. The fourth-order valence-electron chi connectivity index (χ4n) is 2.42. The van der Waals surface area contributed by atoms with Crippen LogP contribution in [0.15, 0.2) is 60.7 Å². The standard InChI is InChI=1S/C23H24N2O5/c1-15(24-21(27)14-9-18-7-5-4-6-8-18)23(29)30-17(3)22(28)25-20-12-10-19(11-13-20)16(2)26/h4-15,17H,1-3H3,(H,24,27)(H,25,28)/b14-9+/t15-,17-/m0/s1. The van der Waals surface area contributed by atoms with E-state index in [4.69, 9.17) is 4.74 Å². The molecule has 156 valence electrons. The Balaban J connectivity index is 1.83. The molecule has 0 fully saturated rings. The van der Waals surface area contributed by atoms with Crippen molar-refractivity contribution in [2.45, 2.75) is 32.9 Å². The first-order chi connectivity index (χ1) is 14.3. The molecule has 2 aromatic carbocycles. The van der Waals surface area contributed by atoms with E-state index in [2.05, 4.69) is 10.6 Å². The van der Waals surface area contributed by atoms with Crippen molar-refractivity contribution in [2.24, 2.45) is 0 Å². The van der Waals surface area contributed by atoms with Gasteiger partial charge < -0.3 is 15.4 Å².